The Hall–Kier alpha value is -1.36. The summed E-state index contributed by atoms with van der Waals surface area (Å²) in [6, 6.07) is 0. The summed E-state index contributed by atoms with van der Waals surface area (Å²) in [7, 11) is 0. The van der Waals surface area contributed by atoms with Crippen molar-refractivity contribution in [2.45, 2.75) is 85.5 Å². The topological polar surface area (TPSA) is 74.6 Å². The smallest absolute Gasteiger partial charge is 0.331 e. The molecular weight excluding hydrogens is 330 g/mol. The van der Waals surface area contributed by atoms with Crippen LogP contribution in [0.15, 0.2) is 12.2 Å². The summed E-state index contributed by atoms with van der Waals surface area (Å²) < 4.78 is 1.42. The molecule has 0 radical (unpaired) electrons. The van der Waals surface area contributed by atoms with E-state index in [1.807, 2.05) is 0 Å². The Balaban J connectivity index is 0. The second-order valence-corrected chi connectivity index (χ2v) is 7.13. The fraction of sp³-hybridized carbons (Fsp3) is 0.810. The van der Waals surface area contributed by atoms with E-state index in [0.29, 0.717) is 0 Å². The summed E-state index contributed by atoms with van der Waals surface area (Å²) in [4.78, 5) is 19.7. The second-order valence-electron chi connectivity index (χ2n) is 7.13. The number of hydrogen-bond donors (Lipinski definition) is 2. The predicted molar refractivity (Wildman–Crippen MR) is 108 cm³/mol. The maximum atomic E-state index is 9.87. The first kappa shape index (κ1) is 26.9. The Morgan fingerprint density at radius 1 is 0.731 bits per heavy atom. The third kappa shape index (κ3) is 14.9. The molecule has 0 aliphatic carbocycles. The average molecular weight is 373 g/mol. The molecule has 2 N–H and O–H groups in total. The molecule has 0 aromatic heterocycles. The number of nitrogens with zero attached hydrogens (tertiary/aromatic N) is 1. The van der Waals surface area contributed by atoms with Crippen molar-refractivity contribution in [3.8, 4) is 0 Å². The van der Waals surface area contributed by atoms with E-state index in [4.69, 9.17) is 10.2 Å². The number of quaternary nitrogens is 1. The quantitative estimate of drug-likeness (QED) is 0.309. The molecule has 0 aliphatic heterocycles. The summed E-state index contributed by atoms with van der Waals surface area (Å²) in [5, 5.41) is 16.1. The molecule has 0 fully saturated rings. The van der Waals surface area contributed by atoms with Crippen LogP contribution in [-0.4, -0.2) is 52.8 Å². The molecule has 0 atom stereocenters. The Kier molecular flexibility index (Phi) is 17.6. The van der Waals surface area contributed by atoms with Crippen molar-refractivity contribution in [3.05, 3.63) is 12.2 Å². The van der Waals surface area contributed by atoms with Crippen LogP contribution < -0.4 is 0 Å². The van der Waals surface area contributed by atoms with Gasteiger partial charge in [-0.3, -0.25) is 4.79 Å². The van der Waals surface area contributed by atoms with Gasteiger partial charge in [0.1, 0.15) is 0 Å². The number of carboxylic acid groups (broad SMARTS) is 2. The van der Waals surface area contributed by atoms with E-state index >= 15 is 0 Å². The van der Waals surface area contributed by atoms with Crippen LogP contribution in [0.1, 0.15) is 85.5 Å². The van der Waals surface area contributed by atoms with Crippen LogP contribution in [0.25, 0.3) is 0 Å². The number of hydrogen-bond acceptors (Lipinski definition) is 2. The zero-order valence-corrected chi connectivity index (χ0v) is 17.6. The van der Waals surface area contributed by atoms with Crippen LogP contribution in [-0.2, 0) is 9.59 Å². The predicted octanol–water partition coefficient (Wildman–Crippen LogP) is 5.11. The van der Waals surface area contributed by atoms with Crippen molar-refractivity contribution in [2.24, 2.45) is 0 Å². The fourth-order valence-corrected chi connectivity index (χ4v) is 2.90. The lowest BCUT2D eigenvalue weighted by Gasteiger charge is -2.39. The zero-order valence-electron chi connectivity index (χ0n) is 17.6. The molecule has 0 aliphatic rings. The maximum Gasteiger partial charge on any atom is 0.331 e. The number of rotatable bonds is 15. The average Bonchev–Trinajstić information content (AvgIpc) is 2.60. The summed E-state index contributed by atoms with van der Waals surface area (Å²) in [6.45, 7) is 18.0. The van der Waals surface area contributed by atoms with Crippen molar-refractivity contribution < 1.29 is 24.3 Å². The molecule has 0 amide bonds. The van der Waals surface area contributed by atoms with E-state index in [2.05, 4.69) is 34.3 Å². The van der Waals surface area contributed by atoms with Gasteiger partial charge >= 0.3 is 11.9 Å². The van der Waals surface area contributed by atoms with Gasteiger partial charge in [0.2, 0.25) is 0 Å². The van der Waals surface area contributed by atoms with Gasteiger partial charge in [-0.2, -0.15) is 0 Å². The van der Waals surface area contributed by atoms with Gasteiger partial charge in [0.05, 0.1) is 32.6 Å². The molecular formula is C21H42NO4+. The van der Waals surface area contributed by atoms with Gasteiger partial charge in [-0.25, -0.2) is 4.79 Å². The fourth-order valence-electron chi connectivity index (χ4n) is 2.90. The third-order valence-corrected chi connectivity index (χ3v) is 4.61. The monoisotopic (exact) mass is 372 g/mol. The van der Waals surface area contributed by atoms with Gasteiger partial charge in [-0.05, 0) is 25.7 Å². The van der Waals surface area contributed by atoms with Crippen LogP contribution in [0.3, 0.4) is 0 Å². The van der Waals surface area contributed by atoms with Gasteiger partial charge in [0.25, 0.3) is 0 Å². The molecule has 0 bridgehead atoms. The van der Waals surface area contributed by atoms with Crippen molar-refractivity contribution in [1.82, 2.24) is 0 Å². The first-order valence-electron chi connectivity index (χ1n) is 10.3. The van der Waals surface area contributed by atoms with Crippen molar-refractivity contribution in [2.75, 3.05) is 26.2 Å². The van der Waals surface area contributed by atoms with E-state index in [1.54, 1.807) is 0 Å². The Bertz CT molecular complexity index is 356. The largest absolute Gasteiger partial charge is 0.481 e. The molecule has 5 heteroatoms. The van der Waals surface area contributed by atoms with Crippen LogP contribution in [0, 0.1) is 0 Å². The highest BCUT2D eigenvalue weighted by Crippen LogP contribution is 2.16. The molecule has 0 unspecified atom stereocenters. The van der Waals surface area contributed by atoms with Crippen LogP contribution in [0.2, 0.25) is 0 Å². The van der Waals surface area contributed by atoms with Crippen molar-refractivity contribution >= 4 is 11.9 Å². The zero-order chi connectivity index (χ0) is 20.4. The molecule has 0 saturated carbocycles. The third-order valence-electron chi connectivity index (χ3n) is 4.61. The minimum atomic E-state index is -1.27. The molecule has 0 heterocycles. The highest BCUT2D eigenvalue weighted by Gasteiger charge is 2.24. The van der Waals surface area contributed by atoms with E-state index in [9.17, 15) is 9.59 Å². The standard InChI is InChI=1S/C16H36N.C5H6O4/c1-5-9-13-17(14-10-6-2,15-11-7-3)16-12-8-4;1-3(5(8)9)2-4(6)7/h5-16H2,1-4H3;1-2H2,(H,6,7)(H,8,9)/q+1;. The first-order valence-corrected chi connectivity index (χ1v) is 10.3. The molecule has 154 valence electrons. The van der Waals surface area contributed by atoms with Crippen molar-refractivity contribution in [1.29, 1.82) is 0 Å². The van der Waals surface area contributed by atoms with Gasteiger partial charge in [0, 0.05) is 5.57 Å². The van der Waals surface area contributed by atoms with Gasteiger partial charge in [-0.15, -0.1) is 0 Å². The lowest BCUT2D eigenvalue weighted by molar-refractivity contribution is -0.929. The maximum absolute atomic E-state index is 9.87. The second kappa shape index (κ2) is 17.1. The molecule has 0 spiro atoms. The van der Waals surface area contributed by atoms with Crippen molar-refractivity contribution in [3.63, 3.8) is 0 Å². The summed E-state index contributed by atoms with van der Waals surface area (Å²) >= 11 is 0. The molecule has 26 heavy (non-hydrogen) atoms. The Morgan fingerprint density at radius 3 is 1.19 bits per heavy atom. The highest BCUT2D eigenvalue weighted by molar-refractivity contribution is 5.91. The van der Waals surface area contributed by atoms with Gasteiger partial charge in [0.15, 0.2) is 0 Å². The minimum absolute atomic E-state index is 0.303. The van der Waals surface area contributed by atoms with E-state index in [-0.39, 0.29) is 5.57 Å². The lowest BCUT2D eigenvalue weighted by Crippen LogP contribution is -2.50. The van der Waals surface area contributed by atoms with Crippen LogP contribution >= 0.6 is 0 Å². The normalized spacial score (nSPS) is 10.8. The summed E-state index contributed by atoms with van der Waals surface area (Å²) in [5.74, 6) is -2.44. The van der Waals surface area contributed by atoms with E-state index < -0.39 is 18.4 Å². The number of carboxylic acids is 2. The lowest BCUT2D eigenvalue weighted by atomic mass is 10.1. The first-order chi connectivity index (χ1) is 12.3. The minimum Gasteiger partial charge on any atom is -0.481 e. The molecule has 5 nitrogen and oxygen atoms in total. The molecule has 0 rings (SSSR count). The Morgan fingerprint density at radius 2 is 1.04 bits per heavy atom. The van der Waals surface area contributed by atoms with Crippen LogP contribution in [0.4, 0.5) is 0 Å². The number of carbonyl (C=O) groups is 2. The molecule has 0 saturated heterocycles. The van der Waals surface area contributed by atoms with Gasteiger partial charge < -0.3 is 14.7 Å². The van der Waals surface area contributed by atoms with E-state index in [1.165, 1.54) is 82.0 Å². The highest BCUT2D eigenvalue weighted by atomic mass is 16.4. The number of unbranched alkanes of at least 4 members (excludes halogenated alkanes) is 4. The molecule has 0 aromatic rings. The van der Waals surface area contributed by atoms with Gasteiger partial charge in [-0.1, -0.05) is 60.0 Å². The van der Waals surface area contributed by atoms with E-state index in [0.717, 1.165) is 0 Å². The summed E-state index contributed by atoms with van der Waals surface area (Å²) in [5.41, 5.74) is -0.303. The van der Waals surface area contributed by atoms with Crippen LogP contribution in [0.5, 0.6) is 0 Å². The summed E-state index contributed by atoms with van der Waals surface area (Å²) in [6.07, 6.45) is 10.6. The molecule has 0 aromatic carbocycles. The SMILES string of the molecule is C=C(CC(=O)O)C(=O)O.CCCC[N+](CCCC)(CCCC)CCCC. The number of aliphatic carboxylic acids is 2. The Labute approximate surface area is 160 Å².